The standard InChI is InChI=1S/C17H18N2O2/c1-3-20-17-18-16-14(19(17)2)10-7-11-15(16)21-12-13-8-5-4-6-9-13/h4-11H,3,12H2,1-2H3. The molecule has 0 unspecified atom stereocenters. The summed E-state index contributed by atoms with van der Waals surface area (Å²) in [5.41, 5.74) is 2.97. The molecule has 0 saturated heterocycles. The van der Waals surface area contributed by atoms with Crippen LogP contribution in [0.5, 0.6) is 11.8 Å². The highest BCUT2D eigenvalue weighted by molar-refractivity contribution is 5.83. The summed E-state index contributed by atoms with van der Waals surface area (Å²) in [7, 11) is 1.95. The first-order valence-corrected chi connectivity index (χ1v) is 7.04. The second-order valence-corrected chi connectivity index (χ2v) is 4.78. The molecule has 0 aliphatic rings. The normalized spacial score (nSPS) is 10.8. The van der Waals surface area contributed by atoms with Crippen LogP contribution in [0.4, 0.5) is 0 Å². The van der Waals surface area contributed by atoms with Gasteiger partial charge in [-0.1, -0.05) is 36.4 Å². The second kappa shape index (κ2) is 5.87. The number of ether oxygens (including phenoxy) is 2. The van der Waals surface area contributed by atoms with Gasteiger partial charge in [0.1, 0.15) is 17.9 Å². The van der Waals surface area contributed by atoms with E-state index in [9.17, 15) is 0 Å². The first kappa shape index (κ1) is 13.5. The van der Waals surface area contributed by atoms with Crippen LogP contribution in [0.2, 0.25) is 0 Å². The van der Waals surface area contributed by atoms with Gasteiger partial charge in [0.25, 0.3) is 6.01 Å². The molecule has 0 radical (unpaired) electrons. The van der Waals surface area contributed by atoms with Gasteiger partial charge in [-0.3, -0.25) is 4.57 Å². The van der Waals surface area contributed by atoms with E-state index in [2.05, 4.69) is 4.98 Å². The third-order valence-corrected chi connectivity index (χ3v) is 3.34. The highest BCUT2D eigenvalue weighted by Crippen LogP contribution is 2.28. The number of fused-ring (bicyclic) bond motifs is 1. The van der Waals surface area contributed by atoms with E-state index in [0.717, 1.165) is 22.3 Å². The molecule has 0 bridgehead atoms. The van der Waals surface area contributed by atoms with Crippen LogP contribution < -0.4 is 9.47 Å². The maximum Gasteiger partial charge on any atom is 0.297 e. The summed E-state index contributed by atoms with van der Waals surface area (Å²) in [6.07, 6.45) is 0. The zero-order valence-electron chi connectivity index (χ0n) is 12.2. The third-order valence-electron chi connectivity index (χ3n) is 3.34. The fourth-order valence-electron chi connectivity index (χ4n) is 2.28. The van der Waals surface area contributed by atoms with E-state index in [-0.39, 0.29) is 0 Å². The van der Waals surface area contributed by atoms with Crippen LogP contribution in [0.1, 0.15) is 12.5 Å². The van der Waals surface area contributed by atoms with E-state index in [0.29, 0.717) is 19.2 Å². The van der Waals surface area contributed by atoms with Crippen LogP contribution in [0.25, 0.3) is 11.0 Å². The number of rotatable bonds is 5. The van der Waals surface area contributed by atoms with E-state index < -0.39 is 0 Å². The SMILES string of the molecule is CCOc1nc2c(OCc3ccccc3)cccc2n1C. The van der Waals surface area contributed by atoms with Crippen LogP contribution >= 0.6 is 0 Å². The lowest BCUT2D eigenvalue weighted by Crippen LogP contribution is -1.98. The van der Waals surface area contributed by atoms with Crippen molar-refractivity contribution in [3.63, 3.8) is 0 Å². The molecule has 1 aromatic heterocycles. The van der Waals surface area contributed by atoms with Crippen molar-refractivity contribution in [1.29, 1.82) is 0 Å². The molecule has 21 heavy (non-hydrogen) atoms. The molecule has 0 aliphatic heterocycles. The Morgan fingerprint density at radius 1 is 1.00 bits per heavy atom. The molecule has 3 aromatic rings. The third kappa shape index (κ3) is 2.70. The molecular formula is C17H18N2O2. The molecular weight excluding hydrogens is 264 g/mol. The van der Waals surface area contributed by atoms with Crippen molar-refractivity contribution < 1.29 is 9.47 Å². The van der Waals surface area contributed by atoms with Gasteiger partial charge in [0, 0.05) is 7.05 Å². The van der Waals surface area contributed by atoms with E-state index in [1.807, 2.05) is 67.1 Å². The Balaban J connectivity index is 1.90. The summed E-state index contributed by atoms with van der Waals surface area (Å²) in [6, 6.07) is 16.6. The van der Waals surface area contributed by atoms with E-state index in [1.165, 1.54) is 0 Å². The summed E-state index contributed by atoms with van der Waals surface area (Å²) in [5.74, 6) is 0.776. The average Bonchev–Trinajstić information content (AvgIpc) is 2.84. The fourth-order valence-corrected chi connectivity index (χ4v) is 2.28. The number of imidazole rings is 1. The number of hydrogen-bond acceptors (Lipinski definition) is 3. The first-order valence-electron chi connectivity index (χ1n) is 7.04. The Hall–Kier alpha value is -2.49. The minimum atomic E-state index is 0.528. The van der Waals surface area contributed by atoms with Crippen molar-refractivity contribution in [3.8, 4) is 11.8 Å². The number of nitrogens with zero attached hydrogens (tertiary/aromatic N) is 2. The minimum Gasteiger partial charge on any atom is -0.487 e. The van der Waals surface area contributed by atoms with Crippen molar-refractivity contribution in [2.24, 2.45) is 7.05 Å². The summed E-state index contributed by atoms with van der Waals surface area (Å²) < 4.78 is 13.4. The van der Waals surface area contributed by atoms with Gasteiger partial charge in [-0.15, -0.1) is 0 Å². The van der Waals surface area contributed by atoms with Crippen molar-refractivity contribution >= 4 is 11.0 Å². The summed E-state index contributed by atoms with van der Waals surface area (Å²) in [4.78, 5) is 4.53. The number of aryl methyl sites for hydroxylation is 1. The van der Waals surface area contributed by atoms with Crippen LogP contribution in [-0.2, 0) is 13.7 Å². The molecule has 0 fully saturated rings. The highest BCUT2D eigenvalue weighted by Gasteiger charge is 2.12. The van der Waals surface area contributed by atoms with Gasteiger partial charge in [-0.2, -0.15) is 4.98 Å². The first-order chi connectivity index (χ1) is 10.3. The van der Waals surface area contributed by atoms with Gasteiger partial charge < -0.3 is 9.47 Å². The molecule has 0 saturated carbocycles. The van der Waals surface area contributed by atoms with Crippen molar-refractivity contribution in [2.45, 2.75) is 13.5 Å². The van der Waals surface area contributed by atoms with Crippen LogP contribution in [0, 0.1) is 0 Å². The molecule has 0 spiro atoms. The van der Waals surface area contributed by atoms with Gasteiger partial charge >= 0.3 is 0 Å². The molecule has 3 rings (SSSR count). The summed E-state index contributed by atoms with van der Waals surface area (Å²) >= 11 is 0. The zero-order chi connectivity index (χ0) is 14.7. The monoisotopic (exact) mass is 282 g/mol. The lowest BCUT2D eigenvalue weighted by molar-refractivity contribution is 0.302. The Morgan fingerprint density at radius 2 is 1.81 bits per heavy atom. The number of hydrogen-bond donors (Lipinski definition) is 0. The molecule has 0 N–H and O–H groups in total. The number of para-hydroxylation sites is 1. The maximum atomic E-state index is 5.92. The molecule has 0 amide bonds. The molecule has 0 atom stereocenters. The predicted octanol–water partition coefficient (Wildman–Crippen LogP) is 3.55. The Kier molecular flexibility index (Phi) is 3.77. The molecule has 2 aromatic carbocycles. The second-order valence-electron chi connectivity index (χ2n) is 4.78. The highest BCUT2D eigenvalue weighted by atomic mass is 16.5. The number of aromatic nitrogens is 2. The molecule has 0 aliphatic carbocycles. The van der Waals surface area contributed by atoms with E-state index in [4.69, 9.17) is 9.47 Å². The Morgan fingerprint density at radius 3 is 2.57 bits per heavy atom. The van der Waals surface area contributed by atoms with Gasteiger partial charge in [0.15, 0.2) is 0 Å². The predicted molar refractivity (Wildman–Crippen MR) is 82.7 cm³/mol. The van der Waals surface area contributed by atoms with Gasteiger partial charge in [-0.25, -0.2) is 0 Å². The molecule has 1 heterocycles. The lowest BCUT2D eigenvalue weighted by atomic mass is 10.2. The average molecular weight is 282 g/mol. The zero-order valence-corrected chi connectivity index (χ0v) is 12.2. The quantitative estimate of drug-likeness (QED) is 0.718. The molecule has 4 nitrogen and oxygen atoms in total. The van der Waals surface area contributed by atoms with E-state index in [1.54, 1.807) is 0 Å². The van der Waals surface area contributed by atoms with Gasteiger partial charge in [0.05, 0.1) is 12.1 Å². The summed E-state index contributed by atoms with van der Waals surface area (Å²) in [5, 5.41) is 0. The van der Waals surface area contributed by atoms with Crippen molar-refractivity contribution in [1.82, 2.24) is 9.55 Å². The minimum absolute atomic E-state index is 0.528. The van der Waals surface area contributed by atoms with Crippen molar-refractivity contribution in [2.75, 3.05) is 6.61 Å². The largest absolute Gasteiger partial charge is 0.487 e. The molecule has 4 heteroatoms. The maximum absolute atomic E-state index is 5.92. The van der Waals surface area contributed by atoms with Crippen molar-refractivity contribution in [3.05, 3.63) is 54.1 Å². The van der Waals surface area contributed by atoms with Crippen LogP contribution in [0.3, 0.4) is 0 Å². The Labute approximate surface area is 123 Å². The molecule has 108 valence electrons. The lowest BCUT2D eigenvalue weighted by Gasteiger charge is -2.06. The fraction of sp³-hybridized carbons (Fsp3) is 0.235. The van der Waals surface area contributed by atoms with Crippen LogP contribution in [-0.4, -0.2) is 16.2 Å². The smallest absolute Gasteiger partial charge is 0.297 e. The van der Waals surface area contributed by atoms with Gasteiger partial charge in [-0.05, 0) is 24.6 Å². The Bertz CT molecular complexity index is 735. The van der Waals surface area contributed by atoms with Crippen LogP contribution in [0.15, 0.2) is 48.5 Å². The number of benzene rings is 2. The van der Waals surface area contributed by atoms with Gasteiger partial charge in [0.2, 0.25) is 0 Å². The van der Waals surface area contributed by atoms with E-state index >= 15 is 0 Å². The topological polar surface area (TPSA) is 36.3 Å². The summed E-state index contributed by atoms with van der Waals surface area (Å²) in [6.45, 7) is 3.07.